The molecule has 1 aromatic carbocycles. The summed E-state index contributed by atoms with van der Waals surface area (Å²) in [7, 11) is -3.74. The van der Waals surface area contributed by atoms with Crippen LogP contribution in [-0.2, 0) is 14.8 Å². The minimum atomic E-state index is -3.74. The summed E-state index contributed by atoms with van der Waals surface area (Å²) in [5.74, 6) is -0.246. The Bertz CT molecular complexity index is 683. The van der Waals surface area contributed by atoms with Gasteiger partial charge in [-0.2, -0.15) is 4.72 Å². The maximum absolute atomic E-state index is 12.6. The van der Waals surface area contributed by atoms with Crippen molar-refractivity contribution in [2.45, 2.75) is 44.6 Å². The fourth-order valence-corrected chi connectivity index (χ4v) is 4.29. The van der Waals surface area contributed by atoms with E-state index >= 15 is 0 Å². The Kier molecular flexibility index (Phi) is 5.86. The summed E-state index contributed by atoms with van der Waals surface area (Å²) >= 11 is 3.36. The van der Waals surface area contributed by atoms with Crippen molar-refractivity contribution < 1.29 is 13.2 Å². The van der Waals surface area contributed by atoms with Crippen LogP contribution in [0.3, 0.4) is 0 Å². The molecule has 7 heteroatoms. The molecule has 1 heterocycles. The average molecular weight is 403 g/mol. The fraction of sp³-hybridized carbons (Fsp3) is 0.562. The van der Waals surface area contributed by atoms with Gasteiger partial charge in [0, 0.05) is 17.6 Å². The van der Waals surface area contributed by atoms with Crippen molar-refractivity contribution in [1.29, 1.82) is 0 Å². The molecule has 0 saturated carbocycles. The minimum absolute atomic E-state index is 0.116. The topological polar surface area (TPSA) is 66.5 Å². The first-order valence-corrected chi connectivity index (χ1v) is 10.1. The summed E-state index contributed by atoms with van der Waals surface area (Å²) in [5.41, 5.74) is 0.833. The quantitative estimate of drug-likeness (QED) is 0.822. The van der Waals surface area contributed by atoms with Gasteiger partial charge in [0.05, 0.1) is 4.90 Å². The zero-order valence-corrected chi connectivity index (χ0v) is 16.1. The molecule has 1 aromatic rings. The summed E-state index contributed by atoms with van der Waals surface area (Å²) in [6.45, 7) is 6.96. The first-order valence-electron chi connectivity index (χ1n) is 7.79. The van der Waals surface area contributed by atoms with E-state index in [0.29, 0.717) is 13.1 Å². The Morgan fingerprint density at radius 2 is 1.87 bits per heavy atom. The monoisotopic (exact) mass is 402 g/mol. The number of nitrogens with one attached hydrogen (secondary N) is 1. The molecule has 5 nitrogen and oxygen atoms in total. The molecule has 0 bridgehead atoms. The van der Waals surface area contributed by atoms with Gasteiger partial charge in [0.15, 0.2) is 0 Å². The first kappa shape index (κ1) is 18.4. The van der Waals surface area contributed by atoms with Crippen LogP contribution in [0, 0.1) is 12.8 Å². The van der Waals surface area contributed by atoms with E-state index < -0.39 is 16.1 Å². The largest absolute Gasteiger partial charge is 0.341 e. The van der Waals surface area contributed by atoms with Gasteiger partial charge in [-0.3, -0.25) is 4.79 Å². The van der Waals surface area contributed by atoms with E-state index in [2.05, 4.69) is 20.7 Å². The van der Waals surface area contributed by atoms with Crippen LogP contribution in [0.25, 0.3) is 0 Å². The number of amides is 1. The van der Waals surface area contributed by atoms with Gasteiger partial charge in [0.2, 0.25) is 15.9 Å². The minimum Gasteiger partial charge on any atom is -0.341 e. The van der Waals surface area contributed by atoms with Crippen molar-refractivity contribution in [2.24, 2.45) is 5.92 Å². The predicted molar refractivity (Wildman–Crippen MR) is 93.6 cm³/mol. The van der Waals surface area contributed by atoms with Crippen molar-refractivity contribution in [3.8, 4) is 0 Å². The third-order valence-electron chi connectivity index (χ3n) is 4.07. The smallest absolute Gasteiger partial charge is 0.241 e. The molecule has 1 aliphatic heterocycles. The molecular weight excluding hydrogens is 380 g/mol. The highest BCUT2D eigenvalue weighted by atomic mass is 79.9. The van der Waals surface area contributed by atoms with Gasteiger partial charge in [-0.25, -0.2) is 8.42 Å². The predicted octanol–water partition coefficient (Wildman–Crippen LogP) is 2.68. The SMILES string of the molecule is Cc1cc(S(=O)(=O)N[C@H](C(=O)N2CCCC2)C(C)C)ccc1Br. The highest BCUT2D eigenvalue weighted by Gasteiger charge is 2.32. The number of rotatable bonds is 5. The number of hydrogen-bond donors (Lipinski definition) is 1. The first-order chi connectivity index (χ1) is 10.7. The normalized spacial score (nSPS) is 16.8. The second kappa shape index (κ2) is 7.32. The molecule has 1 N–H and O–H groups in total. The standard InChI is InChI=1S/C16H23BrN2O3S/c1-11(2)15(16(20)19-8-4-5-9-19)18-23(21,22)13-6-7-14(17)12(3)10-13/h6-7,10-11,15,18H,4-5,8-9H2,1-3H3/t15-/m0/s1. The summed E-state index contributed by atoms with van der Waals surface area (Å²) in [4.78, 5) is 14.5. The van der Waals surface area contributed by atoms with Crippen molar-refractivity contribution in [3.05, 3.63) is 28.2 Å². The molecule has 1 fully saturated rings. The molecular formula is C16H23BrN2O3S. The molecule has 0 unspecified atom stereocenters. The number of nitrogens with zero attached hydrogens (tertiary/aromatic N) is 1. The van der Waals surface area contributed by atoms with Gasteiger partial charge in [0.1, 0.15) is 6.04 Å². The number of likely N-dealkylation sites (tertiary alicyclic amines) is 1. The lowest BCUT2D eigenvalue weighted by molar-refractivity contribution is -0.132. The second-order valence-corrected chi connectivity index (χ2v) is 8.85. The number of benzene rings is 1. The lowest BCUT2D eigenvalue weighted by Crippen LogP contribution is -2.50. The van der Waals surface area contributed by atoms with Crippen molar-refractivity contribution >= 4 is 31.9 Å². The van der Waals surface area contributed by atoms with E-state index in [1.807, 2.05) is 20.8 Å². The number of aryl methyl sites for hydroxylation is 1. The molecule has 1 aliphatic rings. The summed E-state index contributed by atoms with van der Waals surface area (Å²) in [6.07, 6.45) is 1.96. The van der Waals surface area contributed by atoms with Crippen LogP contribution in [0.4, 0.5) is 0 Å². The lowest BCUT2D eigenvalue weighted by atomic mass is 10.0. The molecule has 1 saturated heterocycles. The molecule has 0 aliphatic carbocycles. The van der Waals surface area contributed by atoms with Crippen LogP contribution in [0.1, 0.15) is 32.3 Å². The van der Waals surface area contributed by atoms with Crippen molar-refractivity contribution in [3.63, 3.8) is 0 Å². The highest BCUT2D eigenvalue weighted by Crippen LogP contribution is 2.21. The third-order valence-corrected chi connectivity index (χ3v) is 6.40. The number of sulfonamides is 1. The summed E-state index contributed by atoms with van der Waals surface area (Å²) in [6, 6.07) is 4.11. The van der Waals surface area contributed by atoms with E-state index in [-0.39, 0.29) is 16.7 Å². The number of hydrogen-bond acceptors (Lipinski definition) is 3. The van der Waals surface area contributed by atoms with Gasteiger partial charge in [-0.15, -0.1) is 0 Å². The highest BCUT2D eigenvalue weighted by molar-refractivity contribution is 9.10. The Labute approximate surface area is 146 Å². The number of halogens is 1. The number of carbonyl (C=O) groups is 1. The Balaban J connectivity index is 2.24. The molecule has 128 valence electrons. The Morgan fingerprint density at radius 1 is 1.26 bits per heavy atom. The molecule has 1 atom stereocenters. The van der Waals surface area contributed by atoms with E-state index in [0.717, 1.165) is 22.9 Å². The summed E-state index contributed by atoms with van der Waals surface area (Å²) in [5, 5.41) is 0. The van der Waals surface area contributed by atoms with Crippen LogP contribution in [-0.4, -0.2) is 38.4 Å². The van der Waals surface area contributed by atoms with Crippen LogP contribution in [0.2, 0.25) is 0 Å². The van der Waals surface area contributed by atoms with Crippen LogP contribution >= 0.6 is 15.9 Å². The van der Waals surface area contributed by atoms with Gasteiger partial charge >= 0.3 is 0 Å². The molecule has 0 radical (unpaired) electrons. The fourth-order valence-electron chi connectivity index (χ4n) is 2.63. The van der Waals surface area contributed by atoms with Crippen LogP contribution in [0.5, 0.6) is 0 Å². The second-order valence-electron chi connectivity index (χ2n) is 6.29. The maximum Gasteiger partial charge on any atom is 0.241 e. The Hall–Kier alpha value is -0.920. The van der Waals surface area contributed by atoms with Crippen molar-refractivity contribution in [1.82, 2.24) is 9.62 Å². The third kappa shape index (κ3) is 4.33. The maximum atomic E-state index is 12.6. The molecule has 23 heavy (non-hydrogen) atoms. The molecule has 0 spiro atoms. The van der Waals surface area contributed by atoms with E-state index in [9.17, 15) is 13.2 Å². The van der Waals surface area contributed by atoms with E-state index in [1.54, 1.807) is 17.0 Å². The zero-order chi connectivity index (χ0) is 17.2. The van der Waals surface area contributed by atoms with Crippen molar-refractivity contribution in [2.75, 3.05) is 13.1 Å². The summed E-state index contributed by atoms with van der Waals surface area (Å²) < 4.78 is 28.7. The van der Waals surface area contributed by atoms with E-state index in [4.69, 9.17) is 0 Å². The van der Waals surface area contributed by atoms with Gasteiger partial charge < -0.3 is 4.90 Å². The average Bonchev–Trinajstić information content (AvgIpc) is 3.01. The van der Waals surface area contributed by atoms with Gasteiger partial charge in [0.25, 0.3) is 0 Å². The van der Waals surface area contributed by atoms with Crippen LogP contribution < -0.4 is 4.72 Å². The molecule has 0 aromatic heterocycles. The lowest BCUT2D eigenvalue weighted by Gasteiger charge is -2.26. The molecule has 1 amide bonds. The molecule has 2 rings (SSSR count). The van der Waals surface area contributed by atoms with Gasteiger partial charge in [-0.1, -0.05) is 29.8 Å². The van der Waals surface area contributed by atoms with Crippen LogP contribution in [0.15, 0.2) is 27.6 Å². The van der Waals surface area contributed by atoms with Gasteiger partial charge in [-0.05, 0) is 49.4 Å². The zero-order valence-electron chi connectivity index (χ0n) is 13.7. The Morgan fingerprint density at radius 3 is 2.39 bits per heavy atom. The van der Waals surface area contributed by atoms with E-state index in [1.165, 1.54) is 6.07 Å². The number of carbonyl (C=O) groups excluding carboxylic acids is 1.